The van der Waals surface area contributed by atoms with Crippen molar-refractivity contribution in [2.75, 3.05) is 0 Å². The molecule has 1 aromatic heterocycles. The number of hydrogen-bond donors (Lipinski definition) is 2. The lowest BCUT2D eigenvalue weighted by atomic mass is 9.84. The fourth-order valence-corrected chi connectivity index (χ4v) is 1.87. The monoisotopic (exact) mass is 278 g/mol. The first-order chi connectivity index (χ1) is 9.39. The van der Waals surface area contributed by atoms with Crippen LogP contribution >= 0.6 is 0 Å². The van der Waals surface area contributed by atoms with Gasteiger partial charge in [0, 0.05) is 12.4 Å². The maximum Gasteiger partial charge on any atom is 0.326 e. The summed E-state index contributed by atoms with van der Waals surface area (Å²) in [6.07, 6.45) is 5.37. The van der Waals surface area contributed by atoms with Gasteiger partial charge in [0.1, 0.15) is 6.04 Å². The molecule has 0 aromatic carbocycles. The predicted molar refractivity (Wildman–Crippen MR) is 76.4 cm³/mol. The highest BCUT2D eigenvalue weighted by atomic mass is 16.4. The van der Waals surface area contributed by atoms with Crippen LogP contribution < -0.4 is 5.32 Å². The van der Waals surface area contributed by atoms with Crippen LogP contribution in [0.25, 0.3) is 0 Å². The minimum atomic E-state index is -0.992. The minimum absolute atomic E-state index is 0.297. The van der Waals surface area contributed by atoms with Crippen LogP contribution in [-0.2, 0) is 15.0 Å². The molecule has 0 radical (unpaired) electrons. The molecule has 0 aliphatic rings. The smallest absolute Gasteiger partial charge is 0.326 e. The summed E-state index contributed by atoms with van der Waals surface area (Å²) in [4.78, 5) is 27.5. The molecule has 0 bridgehead atoms. The van der Waals surface area contributed by atoms with Gasteiger partial charge >= 0.3 is 5.97 Å². The Hall–Kier alpha value is -1.91. The number of nitrogens with zero attached hydrogens (tertiary/aromatic N) is 1. The molecular weight excluding hydrogens is 256 g/mol. The number of aliphatic carboxylic acids is 1. The van der Waals surface area contributed by atoms with Crippen molar-refractivity contribution in [3.8, 4) is 0 Å². The zero-order valence-electron chi connectivity index (χ0n) is 12.2. The first-order valence-electron chi connectivity index (χ1n) is 6.83. The number of amides is 1. The van der Waals surface area contributed by atoms with E-state index in [2.05, 4.69) is 10.3 Å². The number of carboxylic acids is 1. The number of pyridine rings is 1. The highest BCUT2D eigenvalue weighted by Crippen LogP contribution is 2.22. The van der Waals surface area contributed by atoms with Crippen LogP contribution in [0.15, 0.2) is 24.5 Å². The quantitative estimate of drug-likeness (QED) is 0.800. The van der Waals surface area contributed by atoms with E-state index in [1.807, 2.05) is 13.0 Å². The van der Waals surface area contributed by atoms with E-state index in [-0.39, 0.29) is 5.91 Å². The van der Waals surface area contributed by atoms with Gasteiger partial charge in [-0.2, -0.15) is 0 Å². The largest absolute Gasteiger partial charge is 0.480 e. The van der Waals surface area contributed by atoms with Gasteiger partial charge < -0.3 is 10.4 Å². The van der Waals surface area contributed by atoms with Crippen LogP contribution in [0.1, 0.15) is 45.6 Å². The number of aromatic nitrogens is 1. The second-order valence-electron chi connectivity index (χ2n) is 5.37. The molecule has 1 rings (SSSR count). The van der Waals surface area contributed by atoms with Crippen LogP contribution in [0.2, 0.25) is 0 Å². The zero-order valence-corrected chi connectivity index (χ0v) is 12.2. The number of carboxylic acid groups (broad SMARTS) is 1. The molecule has 20 heavy (non-hydrogen) atoms. The summed E-state index contributed by atoms with van der Waals surface area (Å²) in [6.45, 7) is 5.51. The summed E-state index contributed by atoms with van der Waals surface area (Å²) in [5, 5.41) is 11.8. The number of carbonyl (C=O) groups excluding carboxylic acids is 1. The SMILES string of the molecule is CCCC[C@H](NC(=O)C(C)(C)c1cccnc1)C(=O)O. The Labute approximate surface area is 119 Å². The van der Waals surface area contributed by atoms with Gasteiger partial charge in [-0.25, -0.2) is 4.79 Å². The van der Waals surface area contributed by atoms with Crippen LogP contribution in [0, 0.1) is 0 Å². The summed E-state index contributed by atoms with van der Waals surface area (Å²) in [5.41, 5.74) is -0.0501. The van der Waals surface area contributed by atoms with Crippen molar-refractivity contribution in [1.29, 1.82) is 0 Å². The van der Waals surface area contributed by atoms with E-state index in [1.165, 1.54) is 0 Å². The van der Waals surface area contributed by atoms with Gasteiger partial charge in [-0.15, -0.1) is 0 Å². The van der Waals surface area contributed by atoms with E-state index in [0.717, 1.165) is 18.4 Å². The topological polar surface area (TPSA) is 79.3 Å². The van der Waals surface area contributed by atoms with Gasteiger partial charge in [0.05, 0.1) is 5.41 Å². The van der Waals surface area contributed by atoms with Crippen molar-refractivity contribution in [3.05, 3.63) is 30.1 Å². The third kappa shape index (κ3) is 4.05. The van der Waals surface area contributed by atoms with E-state index in [0.29, 0.717) is 6.42 Å². The second-order valence-corrected chi connectivity index (χ2v) is 5.37. The van der Waals surface area contributed by atoms with Crippen LogP contribution in [0.4, 0.5) is 0 Å². The maximum absolute atomic E-state index is 12.3. The van der Waals surface area contributed by atoms with Crippen molar-refractivity contribution < 1.29 is 14.7 Å². The number of unbranched alkanes of at least 4 members (excludes halogenated alkanes) is 1. The summed E-state index contributed by atoms with van der Waals surface area (Å²) in [5.74, 6) is -1.29. The average molecular weight is 278 g/mol. The van der Waals surface area contributed by atoms with Gasteiger partial charge in [-0.1, -0.05) is 25.8 Å². The van der Waals surface area contributed by atoms with Gasteiger partial charge in [0.2, 0.25) is 5.91 Å². The highest BCUT2D eigenvalue weighted by Gasteiger charge is 2.32. The first-order valence-corrected chi connectivity index (χ1v) is 6.83. The van der Waals surface area contributed by atoms with Gasteiger partial charge in [-0.3, -0.25) is 9.78 Å². The summed E-state index contributed by atoms with van der Waals surface area (Å²) in [6, 6.07) is 2.74. The summed E-state index contributed by atoms with van der Waals surface area (Å²) in [7, 11) is 0. The van der Waals surface area contributed by atoms with Crippen molar-refractivity contribution in [1.82, 2.24) is 10.3 Å². The van der Waals surface area contributed by atoms with Crippen molar-refractivity contribution >= 4 is 11.9 Å². The van der Waals surface area contributed by atoms with Gasteiger partial charge in [0.25, 0.3) is 0 Å². The number of rotatable bonds is 7. The molecule has 0 aliphatic carbocycles. The van der Waals surface area contributed by atoms with Crippen molar-refractivity contribution in [2.24, 2.45) is 0 Å². The molecule has 1 heterocycles. The summed E-state index contributed by atoms with van der Waals surface area (Å²) < 4.78 is 0. The van der Waals surface area contributed by atoms with Crippen molar-refractivity contribution in [3.63, 3.8) is 0 Å². The minimum Gasteiger partial charge on any atom is -0.480 e. The Kier molecular flexibility index (Phi) is 5.67. The Balaban J connectivity index is 2.80. The lowest BCUT2D eigenvalue weighted by Crippen LogP contribution is -2.48. The van der Waals surface area contributed by atoms with Crippen LogP contribution in [0.5, 0.6) is 0 Å². The van der Waals surface area contributed by atoms with E-state index < -0.39 is 17.4 Å². The van der Waals surface area contributed by atoms with Gasteiger partial charge in [-0.05, 0) is 31.9 Å². The lowest BCUT2D eigenvalue weighted by Gasteiger charge is -2.26. The molecule has 0 saturated carbocycles. The molecule has 0 saturated heterocycles. The van der Waals surface area contributed by atoms with E-state index in [1.54, 1.807) is 32.3 Å². The first kappa shape index (κ1) is 16.1. The Morgan fingerprint density at radius 3 is 2.65 bits per heavy atom. The average Bonchev–Trinajstić information content (AvgIpc) is 2.43. The Morgan fingerprint density at radius 1 is 1.45 bits per heavy atom. The molecule has 0 fully saturated rings. The molecule has 110 valence electrons. The fourth-order valence-electron chi connectivity index (χ4n) is 1.87. The van der Waals surface area contributed by atoms with E-state index >= 15 is 0 Å². The molecule has 1 atom stereocenters. The Bertz CT molecular complexity index is 457. The standard InChI is InChI=1S/C15H22N2O3/c1-4-5-8-12(13(18)19)17-14(20)15(2,3)11-7-6-9-16-10-11/h6-7,9-10,12H,4-5,8H2,1-3H3,(H,17,20)(H,18,19)/t12-/m0/s1. The maximum atomic E-state index is 12.3. The molecule has 5 heteroatoms. The molecule has 0 aliphatic heterocycles. The number of hydrogen-bond acceptors (Lipinski definition) is 3. The third-order valence-corrected chi connectivity index (χ3v) is 3.40. The fraction of sp³-hybridized carbons (Fsp3) is 0.533. The zero-order chi connectivity index (χ0) is 15.2. The van der Waals surface area contributed by atoms with E-state index in [4.69, 9.17) is 5.11 Å². The molecule has 1 amide bonds. The number of nitrogens with one attached hydrogen (secondary N) is 1. The highest BCUT2D eigenvalue weighted by molar-refractivity contribution is 5.90. The predicted octanol–water partition coefficient (Wildman–Crippen LogP) is 2.12. The molecule has 5 nitrogen and oxygen atoms in total. The normalized spacial score (nSPS) is 12.8. The number of carbonyl (C=O) groups is 2. The molecule has 2 N–H and O–H groups in total. The van der Waals surface area contributed by atoms with E-state index in [9.17, 15) is 9.59 Å². The van der Waals surface area contributed by atoms with Crippen molar-refractivity contribution in [2.45, 2.75) is 51.5 Å². The molecule has 0 unspecified atom stereocenters. The van der Waals surface area contributed by atoms with Crippen LogP contribution in [-0.4, -0.2) is 28.0 Å². The van der Waals surface area contributed by atoms with Crippen LogP contribution in [0.3, 0.4) is 0 Å². The summed E-state index contributed by atoms with van der Waals surface area (Å²) >= 11 is 0. The molecule has 0 spiro atoms. The molecule has 1 aromatic rings. The molecular formula is C15H22N2O3. The van der Waals surface area contributed by atoms with Gasteiger partial charge in [0.15, 0.2) is 0 Å². The lowest BCUT2D eigenvalue weighted by molar-refractivity contribution is -0.142. The Morgan fingerprint density at radius 2 is 2.15 bits per heavy atom. The third-order valence-electron chi connectivity index (χ3n) is 3.40. The second kappa shape index (κ2) is 7.03.